The minimum Gasteiger partial charge on any atom is -0.394 e. The molecule has 0 bridgehead atoms. The van der Waals surface area contributed by atoms with Crippen molar-refractivity contribution >= 4 is 11.7 Å². The lowest BCUT2D eigenvalue weighted by molar-refractivity contribution is -0.141. The van der Waals surface area contributed by atoms with Crippen LogP contribution in [0.15, 0.2) is 17.1 Å². The first-order valence-electron chi connectivity index (χ1n) is 8.27. The monoisotopic (exact) mass is 374 g/mol. The normalized spacial score (nSPS) is 28.8. The molecule has 0 radical (unpaired) electrons. The second-order valence-corrected chi connectivity index (χ2v) is 6.34. The number of ether oxygens (including phenoxy) is 1. The zero-order chi connectivity index (χ0) is 18.9. The molecule has 2 aliphatic heterocycles. The van der Waals surface area contributed by atoms with Gasteiger partial charge in [0, 0.05) is 12.1 Å². The Labute approximate surface area is 147 Å². The number of piperidine rings is 1. The molecule has 0 saturated carbocycles. The Morgan fingerprint density at radius 2 is 2.15 bits per heavy atom. The first-order valence-corrected chi connectivity index (χ1v) is 8.27. The predicted octanol–water partition coefficient (Wildman–Crippen LogP) is -0.933. The van der Waals surface area contributed by atoms with Gasteiger partial charge in [0.05, 0.1) is 6.61 Å². The third-order valence-electron chi connectivity index (χ3n) is 4.60. The van der Waals surface area contributed by atoms with E-state index in [1.54, 1.807) is 0 Å². The van der Waals surface area contributed by atoms with E-state index in [1.165, 1.54) is 6.07 Å². The van der Waals surface area contributed by atoms with Gasteiger partial charge in [-0.25, -0.2) is 4.79 Å². The molecule has 2 saturated heterocycles. The van der Waals surface area contributed by atoms with Crippen LogP contribution in [-0.4, -0.2) is 63.5 Å². The summed E-state index contributed by atoms with van der Waals surface area (Å²) in [4.78, 5) is 27.9. The molecule has 1 aromatic heterocycles. The van der Waals surface area contributed by atoms with Crippen LogP contribution in [0.3, 0.4) is 0 Å². The molecule has 2 aliphatic rings. The molecule has 0 unspecified atom stereocenters. The summed E-state index contributed by atoms with van der Waals surface area (Å²) in [6, 6.07) is 1.21. The zero-order valence-electron chi connectivity index (χ0n) is 13.8. The molecule has 26 heavy (non-hydrogen) atoms. The van der Waals surface area contributed by atoms with Crippen LogP contribution in [0.4, 0.5) is 14.6 Å². The van der Waals surface area contributed by atoms with E-state index in [4.69, 9.17) is 9.84 Å². The van der Waals surface area contributed by atoms with Crippen LogP contribution in [0.25, 0.3) is 0 Å². The molecule has 2 fully saturated rings. The van der Waals surface area contributed by atoms with E-state index >= 15 is 0 Å². The second-order valence-electron chi connectivity index (χ2n) is 6.34. The molecule has 0 aliphatic carbocycles. The highest BCUT2D eigenvalue weighted by Crippen LogP contribution is 2.41. The molecule has 144 valence electrons. The van der Waals surface area contributed by atoms with Gasteiger partial charge in [-0.3, -0.25) is 9.36 Å². The van der Waals surface area contributed by atoms with Gasteiger partial charge in [-0.2, -0.15) is 13.8 Å². The summed E-state index contributed by atoms with van der Waals surface area (Å²) in [5, 5.41) is 24.2. The molecule has 0 spiro atoms. The molecular formula is C15H20F2N4O5. The topological polar surface area (TPSA) is 126 Å². The lowest BCUT2D eigenvalue weighted by atomic mass is 9.97. The van der Waals surface area contributed by atoms with Gasteiger partial charge in [0.1, 0.15) is 11.9 Å². The number of rotatable bonds is 4. The third kappa shape index (κ3) is 3.47. The van der Waals surface area contributed by atoms with Gasteiger partial charge < -0.3 is 25.6 Å². The molecular weight excluding hydrogens is 354 g/mol. The van der Waals surface area contributed by atoms with E-state index in [1.807, 2.05) is 0 Å². The maximum atomic E-state index is 14.1. The van der Waals surface area contributed by atoms with E-state index in [9.17, 15) is 23.5 Å². The van der Waals surface area contributed by atoms with Crippen molar-refractivity contribution in [2.24, 2.45) is 5.92 Å². The van der Waals surface area contributed by atoms with Crippen molar-refractivity contribution in [1.29, 1.82) is 0 Å². The Kier molecular flexibility index (Phi) is 5.32. The number of anilines is 1. The van der Waals surface area contributed by atoms with Crippen LogP contribution >= 0.6 is 0 Å². The van der Waals surface area contributed by atoms with Crippen molar-refractivity contribution in [2.75, 3.05) is 25.0 Å². The van der Waals surface area contributed by atoms with Crippen molar-refractivity contribution in [3.63, 3.8) is 0 Å². The lowest BCUT2D eigenvalue weighted by Gasteiger charge is -2.22. The number of aliphatic hydroxyl groups excluding tert-OH is 2. The van der Waals surface area contributed by atoms with Crippen molar-refractivity contribution in [2.45, 2.75) is 37.2 Å². The summed E-state index contributed by atoms with van der Waals surface area (Å²) >= 11 is 0. The summed E-state index contributed by atoms with van der Waals surface area (Å²) in [5.41, 5.74) is -1.07. The maximum absolute atomic E-state index is 14.1. The van der Waals surface area contributed by atoms with Gasteiger partial charge in [-0.05, 0) is 32.0 Å². The first kappa shape index (κ1) is 18.8. The number of aliphatic hydroxyl groups is 2. The number of hydrogen-bond acceptors (Lipinski definition) is 7. The standard InChI is InChI=1S/C15H20F2N4O5/c16-15(17)11(23)9(7-22)26-13(15)21-6-3-10(20-14(21)25)19-12(24)8-1-4-18-5-2-8/h3,6,8-9,11,13,18,22-23H,1-2,4-5,7H2,(H,19,20,24,25)/t9-,11-,13-/m1/s1. The molecule has 3 heterocycles. The van der Waals surface area contributed by atoms with E-state index < -0.39 is 36.7 Å². The van der Waals surface area contributed by atoms with Gasteiger partial charge in [-0.1, -0.05) is 0 Å². The Hall–Kier alpha value is -1.95. The number of alkyl halides is 2. The van der Waals surface area contributed by atoms with Crippen LogP contribution in [-0.2, 0) is 9.53 Å². The Morgan fingerprint density at radius 1 is 1.46 bits per heavy atom. The fourth-order valence-electron chi connectivity index (χ4n) is 3.09. The molecule has 0 aromatic carbocycles. The van der Waals surface area contributed by atoms with E-state index in [0.717, 1.165) is 19.3 Å². The Morgan fingerprint density at radius 3 is 2.73 bits per heavy atom. The largest absolute Gasteiger partial charge is 0.394 e. The summed E-state index contributed by atoms with van der Waals surface area (Å²) in [6.07, 6.45) is -3.52. The molecule has 1 amide bonds. The van der Waals surface area contributed by atoms with Gasteiger partial charge in [0.25, 0.3) is 0 Å². The average Bonchev–Trinajstić information content (AvgIpc) is 2.85. The van der Waals surface area contributed by atoms with E-state index in [2.05, 4.69) is 15.6 Å². The predicted molar refractivity (Wildman–Crippen MR) is 84.7 cm³/mol. The van der Waals surface area contributed by atoms with Gasteiger partial charge in [0.15, 0.2) is 6.10 Å². The van der Waals surface area contributed by atoms with E-state index in [-0.39, 0.29) is 17.6 Å². The average molecular weight is 374 g/mol. The van der Waals surface area contributed by atoms with Crippen molar-refractivity contribution in [3.05, 3.63) is 22.7 Å². The number of aromatic nitrogens is 2. The molecule has 3 atom stereocenters. The molecule has 9 nitrogen and oxygen atoms in total. The molecule has 1 aromatic rings. The number of halogens is 2. The fraction of sp³-hybridized carbons (Fsp3) is 0.667. The number of nitrogens with one attached hydrogen (secondary N) is 2. The molecule has 3 rings (SSSR count). The lowest BCUT2D eigenvalue weighted by Crippen LogP contribution is -2.42. The Bertz CT molecular complexity index is 722. The smallest absolute Gasteiger partial charge is 0.351 e. The van der Waals surface area contributed by atoms with E-state index in [0.29, 0.717) is 17.4 Å². The highest BCUT2D eigenvalue weighted by molar-refractivity contribution is 5.91. The first-order chi connectivity index (χ1) is 12.3. The van der Waals surface area contributed by atoms with Crippen LogP contribution in [0.1, 0.15) is 19.1 Å². The quantitative estimate of drug-likeness (QED) is 0.536. The minimum atomic E-state index is -3.78. The van der Waals surface area contributed by atoms with Crippen LogP contribution in [0, 0.1) is 5.92 Å². The van der Waals surface area contributed by atoms with Crippen molar-refractivity contribution in [1.82, 2.24) is 14.9 Å². The second kappa shape index (κ2) is 7.35. The summed E-state index contributed by atoms with van der Waals surface area (Å²) in [5.74, 6) is -4.31. The third-order valence-corrected chi connectivity index (χ3v) is 4.60. The Balaban J connectivity index is 1.75. The van der Waals surface area contributed by atoms with Gasteiger partial charge >= 0.3 is 11.6 Å². The summed E-state index contributed by atoms with van der Waals surface area (Å²) < 4.78 is 33.6. The SMILES string of the molecule is O=C(Nc1ccn([C@@H]2O[C@H](CO)[C@@H](O)C2(F)F)c(=O)n1)C1CCNCC1. The summed E-state index contributed by atoms with van der Waals surface area (Å²) in [6.45, 7) is 0.616. The van der Waals surface area contributed by atoms with Gasteiger partial charge in [-0.15, -0.1) is 0 Å². The number of carbonyl (C=O) groups excluding carboxylic acids is 1. The fourth-order valence-corrected chi connectivity index (χ4v) is 3.09. The highest BCUT2D eigenvalue weighted by Gasteiger charge is 2.59. The highest BCUT2D eigenvalue weighted by atomic mass is 19.3. The molecule has 11 heteroatoms. The van der Waals surface area contributed by atoms with Crippen molar-refractivity contribution in [3.8, 4) is 0 Å². The van der Waals surface area contributed by atoms with Crippen LogP contribution in [0.2, 0.25) is 0 Å². The number of nitrogens with zero attached hydrogens (tertiary/aromatic N) is 2. The maximum Gasteiger partial charge on any atom is 0.351 e. The minimum absolute atomic E-state index is 0.0460. The molecule has 4 N–H and O–H groups in total. The summed E-state index contributed by atoms with van der Waals surface area (Å²) in [7, 11) is 0. The zero-order valence-corrected chi connectivity index (χ0v) is 13.8. The van der Waals surface area contributed by atoms with Crippen molar-refractivity contribution < 1.29 is 28.5 Å². The van der Waals surface area contributed by atoms with Crippen LogP contribution in [0.5, 0.6) is 0 Å². The van der Waals surface area contributed by atoms with Crippen LogP contribution < -0.4 is 16.3 Å². The van der Waals surface area contributed by atoms with Gasteiger partial charge in [0.2, 0.25) is 12.1 Å². The number of hydrogen-bond donors (Lipinski definition) is 4. The number of carbonyl (C=O) groups is 1. The number of amides is 1.